The van der Waals surface area contributed by atoms with E-state index < -0.39 is 0 Å². The fourth-order valence-corrected chi connectivity index (χ4v) is 2.31. The van der Waals surface area contributed by atoms with Gasteiger partial charge in [0.15, 0.2) is 0 Å². The Balaban J connectivity index is 1.86. The quantitative estimate of drug-likeness (QED) is 0.874. The van der Waals surface area contributed by atoms with Gasteiger partial charge in [-0.3, -0.25) is 4.79 Å². The van der Waals surface area contributed by atoms with Crippen LogP contribution in [0.5, 0.6) is 0 Å². The summed E-state index contributed by atoms with van der Waals surface area (Å²) in [5, 5.41) is 5.61. The van der Waals surface area contributed by atoms with Crippen molar-refractivity contribution in [1.29, 1.82) is 0 Å². The van der Waals surface area contributed by atoms with Gasteiger partial charge >= 0.3 is 6.03 Å². The van der Waals surface area contributed by atoms with Crippen LogP contribution in [0.25, 0.3) is 0 Å². The van der Waals surface area contributed by atoms with E-state index in [1.54, 1.807) is 4.90 Å². The zero-order valence-electron chi connectivity index (χ0n) is 11.9. The zero-order valence-corrected chi connectivity index (χ0v) is 11.9. The van der Waals surface area contributed by atoms with Gasteiger partial charge in [-0.2, -0.15) is 0 Å². The van der Waals surface area contributed by atoms with Crippen molar-refractivity contribution in [2.75, 3.05) is 6.54 Å². The maximum atomic E-state index is 11.9. The van der Waals surface area contributed by atoms with Crippen molar-refractivity contribution in [3.63, 3.8) is 0 Å². The van der Waals surface area contributed by atoms with Crippen molar-refractivity contribution in [3.05, 3.63) is 35.9 Å². The Hall–Kier alpha value is -2.04. The Morgan fingerprint density at radius 3 is 2.70 bits per heavy atom. The Bertz CT molecular complexity index is 473. The molecule has 0 radical (unpaired) electrons. The van der Waals surface area contributed by atoms with Gasteiger partial charge in [0.2, 0.25) is 5.91 Å². The minimum atomic E-state index is -0.209. The minimum absolute atomic E-state index is 0.0868. The van der Waals surface area contributed by atoms with E-state index >= 15 is 0 Å². The van der Waals surface area contributed by atoms with Crippen molar-refractivity contribution >= 4 is 11.9 Å². The van der Waals surface area contributed by atoms with Gasteiger partial charge in [0.25, 0.3) is 0 Å². The summed E-state index contributed by atoms with van der Waals surface area (Å²) >= 11 is 0. The maximum absolute atomic E-state index is 11.9. The maximum Gasteiger partial charge on any atom is 0.315 e. The van der Waals surface area contributed by atoms with Crippen LogP contribution in [0.15, 0.2) is 30.3 Å². The predicted molar refractivity (Wildman–Crippen MR) is 77.1 cm³/mol. The number of likely N-dealkylation sites (tertiary alicyclic amines) is 1. The van der Waals surface area contributed by atoms with E-state index in [0.717, 1.165) is 5.56 Å². The number of nitrogens with zero attached hydrogens (tertiary/aromatic N) is 1. The lowest BCUT2D eigenvalue weighted by Crippen LogP contribution is -2.45. The summed E-state index contributed by atoms with van der Waals surface area (Å²) in [5.74, 6) is 0.0868. The number of hydrogen-bond acceptors (Lipinski definition) is 2. The monoisotopic (exact) mass is 275 g/mol. The molecule has 1 saturated heterocycles. The van der Waals surface area contributed by atoms with E-state index in [1.165, 1.54) is 0 Å². The normalized spacial score (nSPS) is 18.4. The number of benzene rings is 1. The van der Waals surface area contributed by atoms with Crippen LogP contribution < -0.4 is 10.6 Å². The van der Waals surface area contributed by atoms with E-state index in [9.17, 15) is 9.59 Å². The molecule has 0 spiro atoms. The van der Waals surface area contributed by atoms with E-state index in [0.29, 0.717) is 19.5 Å². The number of hydrogen-bond donors (Lipinski definition) is 2. The summed E-state index contributed by atoms with van der Waals surface area (Å²) in [5.41, 5.74) is 1.10. The molecule has 108 valence electrons. The molecule has 1 aromatic rings. The summed E-state index contributed by atoms with van der Waals surface area (Å²) in [6, 6.07) is 9.65. The first-order valence-electron chi connectivity index (χ1n) is 6.93. The Morgan fingerprint density at radius 1 is 1.35 bits per heavy atom. The van der Waals surface area contributed by atoms with Crippen LogP contribution in [0.3, 0.4) is 0 Å². The van der Waals surface area contributed by atoms with Crippen LogP contribution >= 0.6 is 0 Å². The van der Waals surface area contributed by atoms with Gasteiger partial charge in [0.1, 0.15) is 0 Å². The third-order valence-electron chi connectivity index (χ3n) is 3.19. The zero-order chi connectivity index (χ0) is 14.5. The van der Waals surface area contributed by atoms with Gasteiger partial charge in [0, 0.05) is 25.6 Å². The second kappa shape index (κ2) is 6.41. The van der Waals surface area contributed by atoms with Gasteiger partial charge in [-0.25, -0.2) is 4.79 Å². The Kier molecular flexibility index (Phi) is 4.61. The topological polar surface area (TPSA) is 61.4 Å². The van der Waals surface area contributed by atoms with E-state index in [4.69, 9.17) is 0 Å². The smallest absolute Gasteiger partial charge is 0.315 e. The van der Waals surface area contributed by atoms with Crippen LogP contribution in [-0.4, -0.2) is 35.5 Å². The first kappa shape index (κ1) is 14.4. The first-order valence-corrected chi connectivity index (χ1v) is 6.93. The van der Waals surface area contributed by atoms with Crippen LogP contribution in [0.4, 0.5) is 4.79 Å². The fraction of sp³-hybridized carbons (Fsp3) is 0.467. The molecule has 3 amide bonds. The molecule has 2 N–H and O–H groups in total. The van der Waals surface area contributed by atoms with Crippen molar-refractivity contribution in [1.82, 2.24) is 15.5 Å². The molecule has 0 saturated carbocycles. The molecule has 1 heterocycles. The summed E-state index contributed by atoms with van der Waals surface area (Å²) < 4.78 is 0. The fourth-order valence-electron chi connectivity index (χ4n) is 2.31. The number of rotatable bonds is 4. The molecule has 0 aromatic heterocycles. The molecule has 20 heavy (non-hydrogen) atoms. The standard InChI is InChI=1S/C15H21N3O2/c1-11(2)16-15(20)17-13-8-14(19)18(10-13)9-12-6-4-3-5-7-12/h3-7,11,13H,8-10H2,1-2H3,(H2,16,17,20). The lowest BCUT2D eigenvalue weighted by molar-refractivity contribution is -0.128. The highest BCUT2D eigenvalue weighted by Gasteiger charge is 2.30. The Morgan fingerprint density at radius 2 is 2.05 bits per heavy atom. The molecule has 2 rings (SSSR count). The number of nitrogens with one attached hydrogen (secondary N) is 2. The molecule has 1 unspecified atom stereocenters. The van der Waals surface area contributed by atoms with Gasteiger partial charge in [-0.1, -0.05) is 30.3 Å². The highest BCUT2D eigenvalue weighted by Crippen LogP contribution is 2.14. The van der Waals surface area contributed by atoms with Crippen LogP contribution in [0, 0.1) is 0 Å². The molecule has 1 aliphatic heterocycles. The molecular formula is C15H21N3O2. The number of urea groups is 1. The second-order valence-corrected chi connectivity index (χ2v) is 5.43. The molecule has 5 nitrogen and oxygen atoms in total. The van der Waals surface area contributed by atoms with E-state index in [-0.39, 0.29) is 24.0 Å². The van der Waals surface area contributed by atoms with E-state index in [2.05, 4.69) is 10.6 Å². The second-order valence-electron chi connectivity index (χ2n) is 5.43. The highest BCUT2D eigenvalue weighted by atomic mass is 16.2. The van der Waals surface area contributed by atoms with Crippen LogP contribution in [-0.2, 0) is 11.3 Å². The number of amides is 3. The molecule has 1 aromatic carbocycles. The first-order chi connectivity index (χ1) is 9.54. The largest absolute Gasteiger partial charge is 0.336 e. The summed E-state index contributed by atoms with van der Waals surface area (Å²) in [6.45, 7) is 4.98. The number of carbonyl (C=O) groups excluding carboxylic acids is 2. The molecule has 5 heteroatoms. The predicted octanol–water partition coefficient (Wildman–Crippen LogP) is 1.50. The summed E-state index contributed by atoms with van der Waals surface area (Å²) in [6.07, 6.45) is 0.373. The molecule has 0 aliphatic carbocycles. The Labute approximate surface area is 119 Å². The van der Waals surface area contributed by atoms with Crippen molar-refractivity contribution < 1.29 is 9.59 Å². The molecule has 1 fully saturated rings. The van der Waals surface area contributed by atoms with Crippen molar-refractivity contribution in [2.24, 2.45) is 0 Å². The highest BCUT2D eigenvalue weighted by molar-refractivity contribution is 5.81. The van der Waals surface area contributed by atoms with Gasteiger partial charge in [0.05, 0.1) is 6.04 Å². The van der Waals surface area contributed by atoms with Crippen molar-refractivity contribution in [3.8, 4) is 0 Å². The lowest BCUT2D eigenvalue weighted by atomic mass is 10.2. The minimum Gasteiger partial charge on any atom is -0.336 e. The van der Waals surface area contributed by atoms with Crippen LogP contribution in [0.1, 0.15) is 25.8 Å². The SMILES string of the molecule is CC(C)NC(=O)NC1CC(=O)N(Cc2ccccc2)C1. The summed E-state index contributed by atoms with van der Waals surface area (Å²) in [7, 11) is 0. The summed E-state index contributed by atoms with van der Waals surface area (Å²) in [4.78, 5) is 25.4. The van der Waals surface area contributed by atoms with Crippen LogP contribution in [0.2, 0.25) is 0 Å². The third kappa shape index (κ3) is 3.98. The van der Waals surface area contributed by atoms with Crippen molar-refractivity contribution in [2.45, 2.75) is 38.9 Å². The van der Waals surface area contributed by atoms with Gasteiger partial charge in [-0.15, -0.1) is 0 Å². The molecular weight excluding hydrogens is 254 g/mol. The lowest BCUT2D eigenvalue weighted by Gasteiger charge is -2.18. The number of carbonyl (C=O) groups is 2. The van der Waals surface area contributed by atoms with E-state index in [1.807, 2.05) is 44.2 Å². The molecule has 1 aliphatic rings. The molecule has 0 bridgehead atoms. The van der Waals surface area contributed by atoms with Gasteiger partial charge < -0.3 is 15.5 Å². The molecule has 1 atom stereocenters. The average Bonchev–Trinajstić information content (AvgIpc) is 2.69. The third-order valence-corrected chi connectivity index (χ3v) is 3.19. The average molecular weight is 275 g/mol. The van der Waals surface area contributed by atoms with Gasteiger partial charge in [-0.05, 0) is 19.4 Å².